The summed E-state index contributed by atoms with van der Waals surface area (Å²) in [6.45, 7) is 2.16. The van der Waals surface area contributed by atoms with Crippen molar-refractivity contribution < 1.29 is 4.79 Å². The van der Waals surface area contributed by atoms with Crippen LogP contribution in [0.4, 0.5) is 0 Å². The van der Waals surface area contributed by atoms with Crippen LogP contribution in [-0.2, 0) is 4.79 Å². The molecular weight excluding hydrogens is 150 g/mol. The van der Waals surface area contributed by atoms with Crippen molar-refractivity contribution in [3.63, 3.8) is 0 Å². The first-order valence-electron chi connectivity index (χ1n) is 5.02. The fourth-order valence-electron chi connectivity index (χ4n) is 1.68. The minimum atomic E-state index is 0.310. The van der Waals surface area contributed by atoms with Crippen molar-refractivity contribution in [3.8, 4) is 0 Å². The highest BCUT2D eigenvalue weighted by molar-refractivity contribution is 5.81. The van der Waals surface area contributed by atoms with E-state index in [0.29, 0.717) is 17.7 Å². The number of carbonyl (C=O) groups is 1. The van der Waals surface area contributed by atoms with Crippen molar-refractivity contribution >= 4 is 5.78 Å². The Labute approximate surface area is 74.5 Å². The molecule has 0 unspecified atom stereocenters. The van der Waals surface area contributed by atoms with E-state index in [1.165, 1.54) is 12.8 Å². The Kier molecular flexibility index (Phi) is 3.73. The molecule has 0 spiro atoms. The largest absolute Gasteiger partial charge is 0.328 e. The molecule has 1 aliphatic carbocycles. The molecule has 0 bridgehead atoms. The molecule has 0 radical (unpaired) electrons. The third kappa shape index (κ3) is 2.59. The molecule has 12 heavy (non-hydrogen) atoms. The van der Waals surface area contributed by atoms with Gasteiger partial charge in [-0.3, -0.25) is 4.79 Å². The summed E-state index contributed by atoms with van der Waals surface area (Å²) in [6.07, 6.45) is 6.10. The lowest BCUT2D eigenvalue weighted by Crippen LogP contribution is -2.40. The average Bonchev–Trinajstić information content (AvgIpc) is 1.99. The lowest BCUT2D eigenvalue weighted by atomic mass is 9.77. The molecule has 2 heteroatoms. The van der Waals surface area contributed by atoms with Crippen LogP contribution in [0.5, 0.6) is 0 Å². The number of nitrogens with two attached hydrogens (primary N) is 1. The second-order valence-electron chi connectivity index (χ2n) is 3.85. The molecule has 1 aliphatic rings. The smallest absolute Gasteiger partial charge is 0.136 e. The summed E-state index contributed by atoms with van der Waals surface area (Å²) in [7, 11) is 0. The van der Waals surface area contributed by atoms with E-state index in [-0.39, 0.29) is 0 Å². The molecule has 0 aromatic heterocycles. The zero-order valence-corrected chi connectivity index (χ0v) is 7.88. The van der Waals surface area contributed by atoms with E-state index in [1.807, 2.05) is 0 Å². The van der Waals surface area contributed by atoms with Gasteiger partial charge in [-0.05, 0) is 19.3 Å². The van der Waals surface area contributed by atoms with Gasteiger partial charge in [-0.1, -0.05) is 19.8 Å². The molecule has 0 aromatic rings. The third-order valence-electron chi connectivity index (χ3n) is 2.66. The SMILES string of the molecule is CCCCCC(=O)C1CC(N)C1. The summed E-state index contributed by atoms with van der Waals surface area (Å²) >= 11 is 0. The Bertz CT molecular complexity index is 150. The molecule has 2 N–H and O–H groups in total. The van der Waals surface area contributed by atoms with Crippen LogP contribution < -0.4 is 5.73 Å². The van der Waals surface area contributed by atoms with Gasteiger partial charge in [-0.25, -0.2) is 0 Å². The van der Waals surface area contributed by atoms with Crippen molar-refractivity contribution in [1.29, 1.82) is 0 Å². The normalized spacial score (nSPS) is 28.2. The molecule has 0 atom stereocenters. The van der Waals surface area contributed by atoms with E-state index in [2.05, 4.69) is 6.92 Å². The van der Waals surface area contributed by atoms with Gasteiger partial charge in [0.15, 0.2) is 0 Å². The minimum Gasteiger partial charge on any atom is -0.328 e. The van der Waals surface area contributed by atoms with Gasteiger partial charge < -0.3 is 5.73 Å². The van der Waals surface area contributed by atoms with Crippen LogP contribution in [0, 0.1) is 5.92 Å². The van der Waals surface area contributed by atoms with Crippen LogP contribution in [0.1, 0.15) is 45.4 Å². The predicted octanol–water partition coefficient (Wildman–Crippen LogP) is 1.87. The molecule has 1 rings (SSSR count). The average molecular weight is 169 g/mol. The van der Waals surface area contributed by atoms with E-state index >= 15 is 0 Å². The lowest BCUT2D eigenvalue weighted by Gasteiger charge is -2.31. The second-order valence-corrected chi connectivity index (χ2v) is 3.85. The highest BCUT2D eigenvalue weighted by Gasteiger charge is 2.30. The molecule has 2 nitrogen and oxygen atoms in total. The van der Waals surface area contributed by atoms with Gasteiger partial charge in [0.1, 0.15) is 5.78 Å². The summed E-state index contributed by atoms with van der Waals surface area (Å²) in [6, 6.07) is 0.310. The van der Waals surface area contributed by atoms with Crippen molar-refractivity contribution in [2.75, 3.05) is 0 Å². The lowest BCUT2D eigenvalue weighted by molar-refractivity contribution is -0.125. The molecule has 0 amide bonds. The van der Waals surface area contributed by atoms with Crippen molar-refractivity contribution in [2.45, 2.75) is 51.5 Å². The van der Waals surface area contributed by atoms with Crippen molar-refractivity contribution in [3.05, 3.63) is 0 Å². The van der Waals surface area contributed by atoms with Gasteiger partial charge in [0.25, 0.3) is 0 Å². The Morgan fingerprint density at radius 2 is 2.08 bits per heavy atom. The Morgan fingerprint density at radius 1 is 1.42 bits per heavy atom. The zero-order chi connectivity index (χ0) is 8.97. The first kappa shape index (κ1) is 9.72. The van der Waals surface area contributed by atoms with Crippen molar-refractivity contribution in [2.24, 2.45) is 11.7 Å². The van der Waals surface area contributed by atoms with Gasteiger partial charge in [0.2, 0.25) is 0 Å². The summed E-state index contributed by atoms with van der Waals surface area (Å²) in [5.41, 5.74) is 5.61. The van der Waals surface area contributed by atoms with Gasteiger partial charge in [0, 0.05) is 18.4 Å². The molecular formula is C10H19NO. The summed E-state index contributed by atoms with van der Waals surface area (Å²) in [4.78, 5) is 11.4. The first-order valence-corrected chi connectivity index (χ1v) is 5.02. The highest BCUT2D eigenvalue weighted by atomic mass is 16.1. The van der Waals surface area contributed by atoms with Crippen LogP contribution in [0.3, 0.4) is 0 Å². The monoisotopic (exact) mass is 169 g/mol. The van der Waals surface area contributed by atoms with Gasteiger partial charge in [-0.2, -0.15) is 0 Å². The quantitative estimate of drug-likeness (QED) is 0.638. The molecule has 0 aliphatic heterocycles. The second kappa shape index (κ2) is 4.61. The Balaban J connectivity index is 2.04. The third-order valence-corrected chi connectivity index (χ3v) is 2.66. The van der Waals surface area contributed by atoms with Crippen LogP contribution in [0.15, 0.2) is 0 Å². The molecule has 0 heterocycles. The van der Waals surface area contributed by atoms with Gasteiger partial charge in [0.05, 0.1) is 0 Å². The van der Waals surface area contributed by atoms with Crippen molar-refractivity contribution in [1.82, 2.24) is 0 Å². The van der Waals surface area contributed by atoms with E-state index in [9.17, 15) is 4.79 Å². The van der Waals surface area contributed by atoms with E-state index in [1.54, 1.807) is 0 Å². The highest BCUT2D eigenvalue weighted by Crippen LogP contribution is 2.27. The number of carbonyl (C=O) groups excluding carboxylic acids is 1. The number of ketones is 1. The van der Waals surface area contributed by atoms with Gasteiger partial charge >= 0.3 is 0 Å². The zero-order valence-electron chi connectivity index (χ0n) is 7.88. The molecule has 0 aromatic carbocycles. The number of unbranched alkanes of at least 4 members (excludes halogenated alkanes) is 2. The maximum Gasteiger partial charge on any atom is 0.136 e. The maximum absolute atomic E-state index is 11.4. The standard InChI is InChI=1S/C10H19NO/c1-2-3-4-5-10(12)8-6-9(11)7-8/h8-9H,2-7,11H2,1H3. The molecule has 1 saturated carbocycles. The number of Topliss-reactive ketones (excluding diaryl/α,β-unsaturated/α-hetero) is 1. The maximum atomic E-state index is 11.4. The first-order chi connectivity index (χ1) is 5.74. The van der Waals surface area contributed by atoms with Crippen LogP contribution in [0.2, 0.25) is 0 Å². The number of rotatable bonds is 5. The van der Waals surface area contributed by atoms with Crippen LogP contribution >= 0.6 is 0 Å². The molecule has 0 saturated heterocycles. The summed E-state index contributed by atoms with van der Waals surface area (Å²) in [5, 5.41) is 0. The van der Waals surface area contributed by atoms with Gasteiger partial charge in [-0.15, -0.1) is 0 Å². The fourth-order valence-corrected chi connectivity index (χ4v) is 1.68. The van der Waals surface area contributed by atoms with E-state index < -0.39 is 0 Å². The number of hydrogen-bond donors (Lipinski definition) is 1. The molecule has 70 valence electrons. The van der Waals surface area contributed by atoms with E-state index in [0.717, 1.165) is 25.7 Å². The summed E-state index contributed by atoms with van der Waals surface area (Å²) in [5.74, 6) is 0.766. The molecule has 1 fully saturated rings. The summed E-state index contributed by atoms with van der Waals surface area (Å²) < 4.78 is 0. The fraction of sp³-hybridized carbons (Fsp3) is 0.900. The predicted molar refractivity (Wildman–Crippen MR) is 49.8 cm³/mol. The number of hydrogen-bond acceptors (Lipinski definition) is 2. The topological polar surface area (TPSA) is 43.1 Å². The minimum absolute atomic E-state index is 0.310. The van der Waals surface area contributed by atoms with Crippen LogP contribution in [-0.4, -0.2) is 11.8 Å². The van der Waals surface area contributed by atoms with Crippen LogP contribution in [0.25, 0.3) is 0 Å². The van der Waals surface area contributed by atoms with E-state index in [4.69, 9.17) is 5.73 Å². The Morgan fingerprint density at radius 3 is 2.58 bits per heavy atom. The Hall–Kier alpha value is -0.370.